The molecule has 7 heteroatoms. The van der Waals surface area contributed by atoms with Crippen molar-refractivity contribution in [1.29, 1.82) is 0 Å². The fraction of sp³-hybridized carbons (Fsp3) is 0.600. The molecule has 0 unspecified atom stereocenters. The molecule has 2 aromatic rings. The Kier molecular flexibility index (Phi) is 11.0. The SMILES string of the molecule is CCCCc1nnc(O[C@H]2CCN(C)C2)cc1-c1ccc(OC2CCCCC2)cc1.Cl.Cl. The maximum absolute atomic E-state index is 6.21. The van der Waals surface area contributed by atoms with Gasteiger partial charge in [0.1, 0.15) is 11.9 Å². The lowest BCUT2D eigenvalue weighted by molar-refractivity contribution is 0.155. The van der Waals surface area contributed by atoms with E-state index in [9.17, 15) is 0 Å². The number of hydrogen-bond donors (Lipinski definition) is 0. The van der Waals surface area contributed by atoms with Gasteiger partial charge in [0.15, 0.2) is 0 Å². The molecule has 1 saturated heterocycles. The monoisotopic (exact) mass is 481 g/mol. The zero-order valence-electron chi connectivity index (χ0n) is 19.3. The summed E-state index contributed by atoms with van der Waals surface area (Å²) in [6.45, 7) is 4.22. The van der Waals surface area contributed by atoms with Crippen LogP contribution in [0.1, 0.15) is 64.0 Å². The van der Waals surface area contributed by atoms with E-state index in [1.54, 1.807) is 0 Å². The second-order valence-corrected chi connectivity index (χ2v) is 8.84. The minimum atomic E-state index is 0. The molecule has 1 aliphatic carbocycles. The third-order valence-electron chi connectivity index (χ3n) is 6.27. The molecule has 0 spiro atoms. The van der Waals surface area contributed by atoms with E-state index in [-0.39, 0.29) is 30.9 Å². The number of halogens is 2. The van der Waals surface area contributed by atoms with Gasteiger partial charge in [-0.2, -0.15) is 5.10 Å². The van der Waals surface area contributed by atoms with Crippen LogP contribution in [0.2, 0.25) is 0 Å². The van der Waals surface area contributed by atoms with Gasteiger partial charge in [-0.25, -0.2) is 0 Å². The van der Waals surface area contributed by atoms with Gasteiger partial charge in [0, 0.05) is 24.7 Å². The summed E-state index contributed by atoms with van der Waals surface area (Å²) < 4.78 is 12.4. The van der Waals surface area contributed by atoms with Crippen LogP contribution in [0.3, 0.4) is 0 Å². The summed E-state index contributed by atoms with van der Waals surface area (Å²) >= 11 is 0. The fourth-order valence-electron chi connectivity index (χ4n) is 4.49. The minimum absolute atomic E-state index is 0. The molecule has 1 atom stereocenters. The molecule has 2 heterocycles. The Morgan fingerprint density at radius 1 is 0.938 bits per heavy atom. The molecule has 1 aromatic heterocycles. The zero-order valence-corrected chi connectivity index (χ0v) is 20.9. The highest BCUT2D eigenvalue weighted by Gasteiger charge is 2.22. The molecule has 2 aliphatic rings. The molecule has 2 fully saturated rings. The number of benzene rings is 1. The van der Waals surface area contributed by atoms with Crippen LogP contribution in [0.5, 0.6) is 11.6 Å². The van der Waals surface area contributed by atoms with E-state index in [0.29, 0.717) is 12.0 Å². The molecular weight excluding hydrogens is 445 g/mol. The molecule has 4 rings (SSSR count). The highest BCUT2D eigenvalue weighted by Crippen LogP contribution is 2.30. The van der Waals surface area contributed by atoms with Gasteiger partial charge in [-0.05, 0) is 69.7 Å². The van der Waals surface area contributed by atoms with Crippen molar-refractivity contribution in [2.24, 2.45) is 0 Å². The lowest BCUT2D eigenvalue weighted by Crippen LogP contribution is -2.22. The average molecular weight is 482 g/mol. The van der Waals surface area contributed by atoms with E-state index >= 15 is 0 Å². The number of rotatable bonds is 8. The van der Waals surface area contributed by atoms with Crippen molar-refractivity contribution in [1.82, 2.24) is 15.1 Å². The Bertz CT molecular complexity index is 813. The molecule has 0 amide bonds. The van der Waals surface area contributed by atoms with Crippen LogP contribution in [0.4, 0.5) is 0 Å². The van der Waals surface area contributed by atoms with Crippen molar-refractivity contribution >= 4 is 24.8 Å². The number of aryl methyl sites for hydroxylation is 1. The maximum Gasteiger partial charge on any atom is 0.234 e. The summed E-state index contributed by atoms with van der Waals surface area (Å²) in [5.41, 5.74) is 3.33. The molecule has 0 bridgehead atoms. The molecule has 1 aromatic carbocycles. The van der Waals surface area contributed by atoms with E-state index in [4.69, 9.17) is 9.47 Å². The summed E-state index contributed by atoms with van der Waals surface area (Å²) in [6.07, 6.45) is 11.1. The highest BCUT2D eigenvalue weighted by molar-refractivity contribution is 5.85. The molecule has 178 valence electrons. The van der Waals surface area contributed by atoms with Crippen LogP contribution in [0.15, 0.2) is 30.3 Å². The van der Waals surface area contributed by atoms with Gasteiger partial charge >= 0.3 is 0 Å². The predicted octanol–water partition coefficient (Wildman–Crippen LogP) is 6.12. The van der Waals surface area contributed by atoms with Crippen molar-refractivity contribution in [2.75, 3.05) is 20.1 Å². The number of ether oxygens (including phenoxy) is 2. The fourth-order valence-corrected chi connectivity index (χ4v) is 4.49. The lowest BCUT2D eigenvalue weighted by Gasteiger charge is -2.23. The van der Waals surface area contributed by atoms with Gasteiger partial charge < -0.3 is 14.4 Å². The van der Waals surface area contributed by atoms with Crippen LogP contribution in [0.25, 0.3) is 11.1 Å². The van der Waals surface area contributed by atoms with Crippen molar-refractivity contribution in [3.63, 3.8) is 0 Å². The Morgan fingerprint density at radius 3 is 2.34 bits per heavy atom. The first kappa shape index (κ1) is 26.7. The normalized spacial score (nSPS) is 19.1. The number of likely N-dealkylation sites (tertiary alicyclic amines) is 1. The average Bonchev–Trinajstić information content (AvgIpc) is 3.18. The Hall–Kier alpha value is -1.56. The third kappa shape index (κ3) is 7.23. The standard InChI is InChI=1S/C25H35N3O2.2ClH/c1-3-4-10-24-23(17-25(27-26-24)30-22-15-16-28(2)18-22)19-11-13-21(14-12-19)29-20-8-6-5-7-9-20;;/h11-14,17,20,22H,3-10,15-16,18H2,1-2H3;2*1H/t22-;;/m0../s1. The maximum atomic E-state index is 6.21. The summed E-state index contributed by atoms with van der Waals surface area (Å²) in [6, 6.07) is 10.6. The first-order chi connectivity index (χ1) is 14.7. The van der Waals surface area contributed by atoms with Crippen molar-refractivity contribution in [3.8, 4) is 22.8 Å². The van der Waals surface area contributed by atoms with Gasteiger partial charge in [-0.3, -0.25) is 0 Å². The molecule has 1 saturated carbocycles. The Balaban J connectivity index is 0.00000181. The lowest BCUT2D eigenvalue weighted by atomic mass is 9.97. The molecule has 0 radical (unpaired) electrons. The second kappa shape index (κ2) is 13.2. The van der Waals surface area contributed by atoms with Gasteiger partial charge in [0.25, 0.3) is 0 Å². The topological polar surface area (TPSA) is 47.5 Å². The van der Waals surface area contributed by atoms with E-state index in [1.807, 2.05) is 0 Å². The highest BCUT2D eigenvalue weighted by atomic mass is 35.5. The number of likely N-dealkylation sites (N-methyl/N-ethyl adjacent to an activating group) is 1. The molecule has 5 nitrogen and oxygen atoms in total. The van der Waals surface area contributed by atoms with Crippen LogP contribution in [-0.2, 0) is 6.42 Å². The van der Waals surface area contributed by atoms with Crippen molar-refractivity contribution < 1.29 is 9.47 Å². The quantitative estimate of drug-likeness (QED) is 0.453. The van der Waals surface area contributed by atoms with E-state index < -0.39 is 0 Å². The van der Waals surface area contributed by atoms with E-state index in [0.717, 1.165) is 61.3 Å². The van der Waals surface area contributed by atoms with Crippen LogP contribution in [0, 0.1) is 0 Å². The van der Waals surface area contributed by atoms with Gasteiger partial charge in [0.05, 0.1) is 11.8 Å². The Labute approximate surface area is 205 Å². The first-order valence-corrected chi connectivity index (χ1v) is 11.7. The number of aromatic nitrogens is 2. The number of hydrogen-bond acceptors (Lipinski definition) is 5. The van der Waals surface area contributed by atoms with E-state index in [2.05, 4.69) is 59.4 Å². The first-order valence-electron chi connectivity index (χ1n) is 11.7. The molecular formula is C25H37Cl2N3O2. The van der Waals surface area contributed by atoms with Crippen LogP contribution < -0.4 is 9.47 Å². The Morgan fingerprint density at radius 2 is 1.69 bits per heavy atom. The summed E-state index contributed by atoms with van der Waals surface area (Å²) in [4.78, 5) is 2.29. The third-order valence-corrected chi connectivity index (χ3v) is 6.27. The van der Waals surface area contributed by atoms with Crippen LogP contribution in [-0.4, -0.2) is 47.4 Å². The summed E-state index contributed by atoms with van der Waals surface area (Å²) in [5, 5.41) is 8.94. The van der Waals surface area contributed by atoms with E-state index in [1.165, 1.54) is 32.1 Å². The summed E-state index contributed by atoms with van der Waals surface area (Å²) in [5.74, 6) is 1.60. The largest absolute Gasteiger partial charge is 0.490 e. The summed E-state index contributed by atoms with van der Waals surface area (Å²) in [7, 11) is 2.13. The number of nitrogens with zero attached hydrogens (tertiary/aromatic N) is 3. The smallest absolute Gasteiger partial charge is 0.234 e. The molecule has 1 aliphatic heterocycles. The van der Waals surface area contributed by atoms with Crippen molar-refractivity contribution in [3.05, 3.63) is 36.0 Å². The van der Waals surface area contributed by atoms with Crippen LogP contribution >= 0.6 is 24.8 Å². The molecule has 0 N–H and O–H groups in total. The predicted molar refractivity (Wildman–Crippen MR) is 135 cm³/mol. The second-order valence-electron chi connectivity index (χ2n) is 8.84. The van der Waals surface area contributed by atoms with Gasteiger partial charge in [-0.1, -0.05) is 31.9 Å². The van der Waals surface area contributed by atoms with Gasteiger partial charge in [-0.15, -0.1) is 29.9 Å². The molecule has 32 heavy (non-hydrogen) atoms. The van der Waals surface area contributed by atoms with Crippen molar-refractivity contribution in [2.45, 2.75) is 76.9 Å². The van der Waals surface area contributed by atoms with Gasteiger partial charge in [0.2, 0.25) is 5.88 Å². The number of unbranched alkanes of at least 4 members (excludes halogenated alkanes) is 1. The zero-order chi connectivity index (χ0) is 20.8. The minimum Gasteiger partial charge on any atom is -0.490 e.